The van der Waals surface area contributed by atoms with Gasteiger partial charge in [0.2, 0.25) is 0 Å². The van der Waals surface area contributed by atoms with Gasteiger partial charge in [-0.15, -0.1) is 0 Å². The number of aromatic nitrogens is 1. The molecule has 0 amide bonds. The lowest BCUT2D eigenvalue weighted by Gasteiger charge is -2.05. The minimum Gasteiger partial charge on any atom is -0.497 e. The van der Waals surface area contributed by atoms with Crippen LogP contribution in [0.25, 0.3) is 0 Å². The number of aromatic carboxylic acids is 1. The van der Waals surface area contributed by atoms with Gasteiger partial charge in [0, 0.05) is 0 Å². The number of nitrogens with zero attached hydrogens (tertiary/aromatic N) is 1. The first-order chi connectivity index (χ1) is 8.70. The molecule has 1 heterocycles. The summed E-state index contributed by atoms with van der Waals surface area (Å²) < 4.78 is 15.0. The van der Waals surface area contributed by atoms with Crippen LogP contribution in [0.1, 0.15) is 16.1 Å². The van der Waals surface area contributed by atoms with Gasteiger partial charge in [-0.1, -0.05) is 5.16 Å². The van der Waals surface area contributed by atoms with E-state index < -0.39 is 5.97 Å². The molecule has 0 saturated heterocycles. The molecule has 2 aromatic rings. The standard InChI is InChI=1S/C12H11NO5/c1-16-9-2-4-10(5-3-9)17-7-8-6-13-18-11(8)12(14)15/h2-6H,7H2,1H3,(H,14,15). The molecule has 0 aliphatic rings. The first-order valence-corrected chi connectivity index (χ1v) is 5.14. The highest BCUT2D eigenvalue weighted by molar-refractivity contribution is 5.85. The monoisotopic (exact) mass is 249 g/mol. The third kappa shape index (κ3) is 2.60. The van der Waals surface area contributed by atoms with E-state index in [1.165, 1.54) is 6.20 Å². The summed E-state index contributed by atoms with van der Waals surface area (Å²) in [4.78, 5) is 10.8. The second-order valence-corrected chi connectivity index (χ2v) is 3.45. The van der Waals surface area contributed by atoms with Crippen molar-refractivity contribution in [3.63, 3.8) is 0 Å². The van der Waals surface area contributed by atoms with Crippen molar-refractivity contribution in [1.29, 1.82) is 0 Å². The number of hydrogen-bond acceptors (Lipinski definition) is 5. The van der Waals surface area contributed by atoms with Crippen LogP contribution < -0.4 is 9.47 Å². The van der Waals surface area contributed by atoms with Crippen LogP contribution >= 0.6 is 0 Å². The number of hydrogen-bond donors (Lipinski definition) is 1. The minimum absolute atomic E-state index is 0.0808. The molecule has 0 fully saturated rings. The molecule has 6 nitrogen and oxygen atoms in total. The highest BCUT2D eigenvalue weighted by Crippen LogP contribution is 2.19. The molecule has 0 spiro atoms. The molecule has 0 radical (unpaired) electrons. The molecule has 94 valence electrons. The van der Waals surface area contributed by atoms with Gasteiger partial charge in [-0.05, 0) is 24.3 Å². The lowest BCUT2D eigenvalue weighted by Crippen LogP contribution is -2.02. The van der Waals surface area contributed by atoms with Crippen LogP contribution in [0.5, 0.6) is 11.5 Å². The van der Waals surface area contributed by atoms with Crippen molar-refractivity contribution < 1.29 is 23.9 Å². The van der Waals surface area contributed by atoms with Gasteiger partial charge < -0.3 is 19.1 Å². The topological polar surface area (TPSA) is 81.8 Å². The Morgan fingerprint density at radius 3 is 2.61 bits per heavy atom. The van der Waals surface area contributed by atoms with Crippen molar-refractivity contribution in [3.8, 4) is 11.5 Å². The number of methoxy groups -OCH3 is 1. The molecule has 1 aromatic heterocycles. The summed E-state index contributed by atoms with van der Waals surface area (Å²) in [5, 5.41) is 12.2. The average molecular weight is 249 g/mol. The summed E-state index contributed by atoms with van der Waals surface area (Å²) >= 11 is 0. The van der Waals surface area contributed by atoms with E-state index >= 15 is 0 Å². The zero-order valence-corrected chi connectivity index (χ0v) is 9.62. The summed E-state index contributed by atoms with van der Waals surface area (Å²) in [6.45, 7) is 0.0808. The van der Waals surface area contributed by atoms with E-state index in [1.807, 2.05) is 0 Å². The van der Waals surface area contributed by atoms with Crippen molar-refractivity contribution in [2.24, 2.45) is 0 Å². The van der Waals surface area contributed by atoms with Crippen molar-refractivity contribution >= 4 is 5.97 Å². The Morgan fingerprint density at radius 1 is 1.33 bits per heavy atom. The predicted octanol–water partition coefficient (Wildman–Crippen LogP) is 1.96. The van der Waals surface area contributed by atoms with E-state index in [-0.39, 0.29) is 12.4 Å². The Hall–Kier alpha value is -2.50. The summed E-state index contributed by atoms with van der Waals surface area (Å²) in [7, 11) is 1.58. The Kier molecular flexibility index (Phi) is 3.47. The number of carboxylic acids is 1. The van der Waals surface area contributed by atoms with Crippen LogP contribution in [0.4, 0.5) is 0 Å². The maximum Gasteiger partial charge on any atom is 0.375 e. The molecule has 0 unspecified atom stereocenters. The SMILES string of the molecule is COc1ccc(OCc2cnoc2C(=O)O)cc1. The predicted molar refractivity (Wildman–Crippen MR) is 60.8 cm³/mol. The second-order valence-electron chi connectivity index (χ2n) is 3.45. The zero-order chi connectivity index (χ0) is 13.0. The van der Waals surface area contributed by atoms with Crippen molar-refractivity contribution in [2.45, 2.75) is 6.61 Å². The Labute approximate surface area is 103 Å². The third-order valence-electron chi connectivity index (χ3n) is 2.29. The fourth-order valence-electron chi connectivity index (χ4n) is 1.37. The molecular formula is C12H11NO5. The molecule has 0 atom stereocenters. The lowest BCUT2D eigenvalue weighted by atomic mass is 10.3. The first-order valence-electron chi connectivity index (χ1n) is 5.14. The van der Waals surface area contributed by atoms with Gasteiger partial charge >= 0.3 is 5.97 Å². The molecule has 1 aromatic carbocycles. The maximum absolute atomic E-state index is 10.8. The highest BCUT2D eigenvalue weighted by atomic mass is 16.5. The van der Waals surface area contributed by atoms with Gasteiger partial charge in [0.25, 0.3) is 5.76 Å². The fourth-order valence-corrected chi connectivity index (χ4v) is 1.37. The number of carboxylic acid groups (broad SMARTS) is 1. The first kappa shape index (κ1) is 12.0. The number of rotatable bonds is 5. The van der Waals surface area contributed by atoms with E-state index in [1.54, 1.807) is 31.4 Å². The molecule has 2 rings (SSSR count). The van der Waals surface area contributed by atoms with Gasteiger partial charge in [-0.3, -0.25) is 0 Å². The molecule has 0 bridgehead atoms. The van der Waals surface area contributed by atoms with E-state index in [9.17, 15) is 4.79 Å². The zero-order valence-electron chi connectivity index (χ0n) is 9.62. The van der Waals surface area contributed by atoms with Crippen LogP contribution in [0.2, 0.25) is 0 Å². The Bertz CT molecular complexity index is 532. The quantitative estimate of drug-likeness (QED) is 0.872. The van der Waals surface area contributed by atoms with Crippen LogP contribution in [0.3, 0.4) is 0 Å². The lowest BCUT2D eigenvalue weighted by molar-refractivity contribution is 0.0648. The third-order valence-corrected chi connectivity index (χ3v) is 2.29. The summed E-state index contributed by atoms with van der Waals surface area (Å²) in [6, 6.07) is 6.96. The molecule has 6 heteroatoms. The molecule has 0 saturated carbocycles. The van der Waals surface area contributed by atoms with Gasteiger partial charge in [0.1, 0.15) is 18.1 Å². The van der Waals surface area contributed by atoms with Crippen LogP contribution in [-0.2, 0) is 6.61 Å². The van der Waals surface area contributed by atoms with Crippen LogP contribution in [-0.4, -0.2) is 23.3 Å². The Balaban J connectivity index is 2.02. The van der Waals surface area contributed by atoms with Crippen molar-refractivity contribution in [2.75, 3.05) is 7.11 Å². The van der Waals surface area contributed by atoms with E-state index in [4.69, 9.17) is 14.6 Å². The van der Waals surface area contributed by atoms with E-state index in [0.29, 0.717) is 11.3 Å². The van der Waals surface area contributed by atoms with Gasteiger partial charge in [0.05, 0.1) is 18.9 Å². The largest absolute Gasteiger partial charge is 0.497 e. The minimum atomic E-state index is -1.17. The number of carbonyl (C=O) groups is 1. The van der Waals surface area contributed by atoms with Gasteiger partial charge in [-0.25, -0.2) is 4.79 Å². The van der Waals surface area contributed by atoms with Crippen LogP contribution in [0, 0.1) is 0 Å². The molecule has 1 N–H and O–H groups in total. The van der Waals surface area contributed by atoms with E-state index in [0.717, 1.165) is 5.75 Å². The normalized spacial score (nSPS) is 10.1. The van der Waals surface area contributed by atoms with Gasteiger partial charge in [0.15, 0.2) is 0 Å². The molecule has 0 aliphatic carbocycles. The molecule has 18 heavy (non-hydrogen) atoms. The Morgan fingerprint density at radius 2 is 2.00 bits per heavy atom. The van der Waals surface area contributed by atoms with E-state index in [2.05, 4.69) is 9.68 Å². The second kappa shape index (κ2) is 5.22. The van der Waals surface area contributed by atoms with Crippen molar-refractivity contribution in [3.05, 3.63) is 41.8 Å². The molecule has 0 aliphatic heterocycles. The van der Waals surface area contributed by atoms with Crippen LogP contribution in [0.15, 0.2) is 35.0 Å². The highest BCUT2D eigenvalue weighted by Gasteiger charge is 2.15. The number of benzene rings is 1. The fraction of sp³-hybridized carbons (Fsp3) is 0.167. The van der Waals surface area contributed by atoms with Gasteiger partial charge in [-0.2, -0.15) is 0 Å². The van der Waals surface area contributed by atoms with Crippen molar-refractivity contribution in [1.82, 2.24) is 5.16 Å². The number of ether oxygens (including phenoxy) is 2. The summed E-state index contributed by atoms with van der Waals surface area (Å²) in [6.07, 6.45) is 1.33. The smallest absolute Gasteiger partial charge is 0.375 e. The molecular weight excluding hydrogens is 238 g/mol. The average Bonchev–Trinajstić information content (AvgIpc) is 2.85. The summed E-state index contributed by atoms with van der Waals surface area (Å²) in [5.41, 5.74) is 0.387. The summed E-state index contributed by atoms with van der Waals surface area (Å²) in [5.74, 6) is -0.0452. The maximum atomic E-state index is 10.8.